The third-order valence-corrected chi connectivity index (χ3v) is 5.18. The SMILES string of the molecule is CNC(C)Cc1noc(Cc2ccc(S(=O)(=O)CC(F)(F)F)cc2)n1.Cl. The lowest BCUT2D eigenvalue weighted by Crippen LogP contribution is -2.24. The molecule has 146 valence electrons. The number of benzene rings is 1. The maximum atomic E-state index is 12.3. The molecule has 2 rings (SSSR count). The van der Waals surface area contributed by atoms with Gasteiger partial charge in [0, 0.05) is 12.5 Å². The molecule has 0 aliphatic rings. The van der Waals surface area contributed by atoms with E-state index < -0.39 is 21.8 Å². The van der Waals surface area contributed by atoms with Crippen molar-refractivity contribution in [2.24, 2.45) is 0 Å². The van der Waals surface area contributed by atoms with Gasteiger partial charge in [-0.2, -0.15) is 18.2 Å². The molecule has 1 N–H and O–H groups in total. The number of halogens is 4. The van der Waals surface area contributed by atoms with Crippen LogP contribution in [0.1, 0.15) is 24.2 Å². The van der Waals surface area contributed by atoms with Gasteiger partial charge in [-0.15, -0.1) is 12.4 Å². The van der Waals surface area contributed by atoms with E-state index in [2.05, 4.69) is 15.5 Å². The van der Waals surface area contributed by atoms with Gasteiger partial charge in [-0.05, 0) is 31.7 Å². The highest BCUT2D eigenvalue weighted by Crippen LogP contribution is 2.23. The van der Waals surface area contributed by atoms with Crippen molar-refractivity contribution in [3.63, 3.8) is 0 Å². The van der Waals surface area contributed by atoms with Crippen LogP contribution in [0.15, 0.2) is 33.7 Å². The van der Waals surface area contributed by atoms with E-state index in [1.54, 1.807) is 0 Å². The van der Waals surface area contributed by atoms with Crippen LogP contribution in [0.4, 0.5) is 13.2 Å². The summed E-state index contributed by atoms with van der Waals surface area (Å²) in [4.78, 5) is 3.86. The van der Waals surface area contributed by atoms with Crippen molar-refractivity contribution in [3.8, 4) is 0 Å². The fraction of sp³-hybridized carbons (Fsp3) is 0.467. The molecule has 0 aliphatic heterocycles. The second kappa shape index (κ2) is 8.83. The number of alkyl halides is 3. The summed E-state index contributed by atoms with van der Waals surface area (Å²) in [6.45, 7) is 1.97. The minimum atomic E-state index is -4.78. The van der Waals surface area contributed by atoms with Gasteiger partial charge in [0.15, 0.2) is 21.4 Å². The van der Waals surface area contributed by atoms with Crippen molar-refractivity contribution in [1.29, 1.82) is 0 Å². The van der Waals surface area contributed by atoms with E-state index in [4.69, 9.17) is 4.52 Å². The van der Waals surface area contributed by atoms with Crippen molar-refractivity contribution in [2.75, 3.05) is 12.8 Å². The van der Waals surface area contributed by atoms with Crippen molar-refractivity contribution in [1.82, 2.24) is 15.5 Å². The molecule has 1 aromatic carbocycles. The molecule has 1 aromatic heterocycles. The number of rotatable bonds is 7. The predicted octanol–water partition coefficient (Wildman–Crippen LogP) is 2.57. The van der Waals surface area contributed by atoms with E-state index in [-0.39, 0.29) is 29.8 Å². The van der Waals surface area contributed by atoms with E-state index in [0.717, 1.165) is 12.1 Å². The third kappa shape index (κ3) is 6.58. The molecule has 0 saturated carbocycles. The average Bonchev–Trinajstić information content (AvgIpc) is 2.92. The van der Waals surface area contributed by atoms with Gasteiger partial charge in [0.05, 0.1) is 11.3 Å². The zero-order chi connectivity index (χ0) is 18.7. The molecular weight excluding hydrogens is 395 g/mol. The Morgan fingerprint density at radius 3 is 2.38 bits per heavy atom. The van der Waals surface area contributed by atoms with Gasteiger partial charge in [0.25, 0.3) is 0 Å². The van der Waals surface area contributed by atoms with Crippen molar-refractivity contribution in [3.05, 3.63) is 41.5 Å². The van der Waals surface area contributed by atoms with Crippen molar-refractivity contribution < 1.29 is 26.1 Å². The lowest BCUT2D eigenvalue weighted by molar-refractivity contribution is -0.106. The van der Waals surface area contributed by atoms with Crippen LogP contribution in [0.5, 0.6) is 0 Å². The summed E-state index contributed by atoms with van der Waals surface area (Å²) in [5.74, 6) is -0.985. The first-order chi connectivity index (χ1) is 11.6. The van der Waals surface area contributed by atoms with E-state index in [0.29, 0.717) is 23.7 Å². The maximum Gasteiger partial charge on any atom is 0.403 e. The fourth-order valence-electron chi connectivity index (χ4n) is 2.11. The number of likely N-dealkylation sites (N-methyl/N-ethyl adjacent to an activating group) is 1. The standard InChI is InChI=1S/C15H18F3N3O3S.ClH/c1-10(19-2)7-13-20-14(24-21-13)8-11-3-5-12(6-4-11)25(22,23)9-15(16,17)18;/h3-6,10,19H,7-9H2,1-2H3;1H. The molecular formula is C15H19ClF3N3O3S. The molecule has 0 fully saturated rings. The maximum absolute atomic E-state index is 12.3. The molecule has 0 radical (unpaired) electrons. The zero-order valence-electron chi connectivity index (χ0n) is 14.1. The summed E-state index contributed by atoms with van der Waals surface area (Å²) >= 11 is 0. The Bertz CT molecular complexity index is 808. The van der Waals surface area contributed by atoms with Gasteiger partial charge in [-0.3, -0.25) is 0 Å². The molecule has 0 spiro atoms. The number of hydrogen-bond acceptors (Lipinski definition) is 6. The molecule has 0 bridgehead atoms. The van der Waals surface area contributed by atoms with E-state index in [1.807, 2.05) is 14.0 Å². The van der Waals surface area contributed by atoms with Gasteiger partial charge in [0.2, 0.25) is 5.89 Å². The van der Waals surface area contributed by atoms with Crippen LogP contribution >= 0.6 is 12.4 Å². The Morgan fingerprint density at radius 2 is 1.85 bits per heavy atom. The van der Waals surface area contributed by atoms with Gasteiger partial charge in [-0.1, -0.05) is 17.3 Å². The smallest absolute Gasteiger partial charge is 0.339 e. The van der Waals surface area contributed by atoms with Gasteiger partial charge in [0.1, 0.15) is 0 Å². The van der Waals surface area contributed by atoms with E-state index in [9.17, 15) is 21.6 Å². The normalized spacial score (nSPS) is 13.3. The summed E-state index contributed by atoms with van der Waals surface area (Å²) in [6, 6.07) is 5.35. The van der Waals surface area contributed by atoms with Gasteiger partial charge in [-0.25, -0.2) is 8.42 Å². The van der Waals surface area contributed by atoms with Crippen LogP contribution in [0.2, 0.25) is 0 Å². The Hall–Kier alpha value is -1.65. The van der Waals surface area contributed by atoms with Crippen LogP contribution < -0.4 is 5.32 Å². The molecule has 1 atom stereocenters. The molecule has 26 heavy (non-hydrogen) atoms. The summed E-state index contributed by atoms with van der Waals surface area (Å²) in [7, 11) is -2.58. The number of hydrogen-bond donors (Lipinski definition) is 1. The summed E-state index contributed by atoms with van der Waals surface area (Å²) in [5, 5.41) is 6.90. The monoisotopic (exact) mass is 413 g/mol. The molecule has 1 heterocycles. The summed E-state index contributed by atoms with van der Waals surface area (Å²) < 4.78 is 65.4. The largest absolute Gasteiger partial charge is 0.403 e. The molecule has 1 unspecified atom stereocenters. The first-order valence-corrected chi connectivity index (χ1v) is 9.11. The molecule has 2 aromatic rings. The highest BCUT2D eigenvalue weighted by molar-refractivity contribution is 7.91. The lowest BCUT2D eigenvalue weighted by Gasteiger charge is -2.08. The van der Waals surface area contributed by atoms with Crippen LogP contribution in [0, 0.1) is 0 Å². The Labute approximate surface area is 155 Å². The van der Waals surface area contributed by atoms with Crippen LogP contribution in [-0.4, -0.2) is 43.6 Å². The average molecular weight is 414 g/mol. The Kier molecular flexibility index (Phi) is 7.60. The van der Waals surface area contributed by atoms with Gasteiger partial charge < -0.3 is 9.84 Å². The van der Waals surface area contributed by atoms with Crippen LogP contribution in [-0.2, 0) is 22.7 Å². The minimum absolute atomic E-state index is 0. The molecule has 6 nitrogen and oxygen atoms in total. The quantitative estimate of drug-likeness (QED) is 0.751. The van der Waals surface area contributed by atoms with E-state index in [1.165, 1.54) is 12.1 Å². The second-order valence-electron chi connectivity index (χ2n) is 5.69. The van der Waals surface area contributed by atoms with Crippen LogP contribution in [0.25, 0.3) is 0 Å². The molecule has 0 amide bonds. The minimum Gasteiger partial charge on any atom is -0.339 e. The third-order valence-electron chi connectivity index (χ3n) is 3.48. The lowest BCUT2D eigenvalue weighted by atomic mass is 10.1. The number of nitrogens with zero attached hydrogens (tertiary/aromatic N) is 2. The van der Waals surface area contributed by atoms with Gasteiger partial charge >= 0.3 is 6.18 Å². The predicted molar refractivity (Wildman–Crippen MR) is 91.1 cm³/mol. The summed E-state index contributed by atoms with van der Waals surface area (Å²) in [5.41, 5.74) is 0.655. The second-order valence-corrected chi connectivity index (χ2v) is 7.68. The van der Waals surface area contributed by atoms with Crippen LogP contribution in [0.3, 0.4) is 0 Å². The van der Waals surface area contributed by atoms with E-state index >= 15 is 0 Å². The van der Waals surface area contributed by atoms with Crippen molar-refractivity contribution >= 4 is 22.2 Å². The Balaban J connectivity index is 0.00000338. The van der Waals surface area contributed by atoms with Crippen molar-refractivity contribution in [2.45, 2.75) is 36.9 Å². The molecule has 0 saturated heterocycles. The molecule has 11 heteroatoms. The fourth-order valence-corrected chi connectivity index (χ4v) is 3.26. The zero-order valence-corrected chi connectivity index (χ0v) is 15.7. The highest BCUT2D eigenvalue weighted by Gasteiger charge is 2.35. The number of sulfone groups is 1. The highest BCUT2D eigenvalue weighted by atomic mass is 35.5. The summed E-state index contributed by atoms with van der Waals surface area (Å²) in [6.07, 6.45) is -3.92. The number of aromatic nitrogens is 2. The topological polar surface area (TPSA) is 85.1 Å². The number of nitrogens with one attached hydrogen (secondary N) is 1. The first kappa shape index (κ1) is 22.4. The first-order valence-electron chi connectivity index (χ1n) is 7.46. The molecule has 0 aliphatic carbocycles. The Morgan fingerprint density at radius 1 is 1.23 bits per heavy atom.